The third-order valence-corrected chi connectivity index (χ3v) is 5.76. The zero-order valence-electron chi connectivity index (χ0n) is 15.1. The summed E-state index contributed by atoms with van der Waals surface area (Å²) in [7, 11) is 0. The molecule has 1 aliphatic heterocycles. The minimum absolute atomic E-state index is 0.0157. The van der Waals surface area contributed by atoms with Gasteiger partial charge in [-0.05, 0) is 55.2 Å². The summed E-state index contributed by atoms with van der Waals surface area (Å²) in [6.45, 7) is 5.05. The molecule has 0 bridgehead atoms. The molecule has 1 atom stereocenters. The molecule has 0 saturated carbocycles. The van der Waals surface area contributed by atoms with E-state index in [0.717, 1.165) is 24.4 Å². The fraction of sp³-hybridized carbons (Fsp3) is 0.381. The van der Waals surface area contributed by atoms with Crippen molar-refractivity contribution in [2.24, 2.45) is 5.92 Å². The Bertz CT molecular complexity index is 733. The second-order valence-electron chi connectivity index (χ2n) is 6.69. The van der Waals surface area contributed by atoms with Crippen LogP contribution >= 0.6 is 11.8 Å². The Labute approximate surface area is 159 Å². The molecule has 26 heavy (non-hydrogen) atoms. The van der Waals surface area contributed by atoms with Crippen LogP contribution in [0.5, 0.6) is 0 Å². The molecule has 1 fully saturated rings. The lowest BCUT2D eigenvalue weighted by Crippen LogP contribution is -2.31. The number of carbonyl (C=O) groups is 1. The Morgan fingerprint density at radius 2 is 2.00 bits per heavy atom. The highest BCUT2D eigenvalue weighted by atomic mass is 32.2. The van der Waals surface area contributed by atoms with Crippen molar-refractivity contribution in [2.75, 3.05) is 36.9 Å². The number of thioether (sulfide) groups is 1. The molecule has 1 unspecified atom stereocenters. The van der Waals surface area contributed by atoms with E-state index >= 15 is 0 Å². The lowest BCUT2D eigenvalue weighted by molar-refractivity contribution is 0.0948. The number of aryl methyl sites for hydroxylation is 1. The van der Waals surface area contributed by atoms with Crippen LogP contribution in [-0.4, -0.2) is 43.0 Å². The van der Waals surface area contributed by atoms with Gasteiger partial charge in [-0.15, -0.1) is 11.8 Å². The number of benzene rings is 2. The van der Waals surface area contributed by atoms with Crippen molar-refractivity contribution in [3.63, 3.8) is 0 Å². The first-order chi connectivity index (χ1) is 12.7. The summed E-state index contributed by atoms with van der Waals surface area (Å²) in [6.07, 6.45) is 1.10. The van der Waals surface area contributed by atoms with Crippen molar-refractivity contribution >= 4 is 23.4 Å². The third-order valence-electron chi connectivity index (χ3n) is 4.77. The highest BCUT2D eigenvalue weighted by Crippen LogP contribution is 2.26. The Hall–Kier alpha value is -1.98. The van der Waals surface area contributed by atoms with Crippen LogP contribution in [0.15, 0.2) is 53.4 Å². The van der Waals surface area contributed by atoms with Crippen molar-refractivity contribution in [1.29, 1.82) is 0 Å². The van der Waals surface area contributed by atoms with Gasteiger partial charge < -0.3 is 15.3 Å². The predicted molar refractivity (Wildman–Crippen MR) is 108 cm³/mol. The predicted octanol–water partition coefficient (Wildman–Crippen LogP) is 3.34. The first-order valence-electron chi connectivity index (χ1n) is 9.10. The van der Waals surface area contributed by atoms with Gasteiger partial charge in [-0.3, -0.25) is 4.79 Å². The van der Waals surface area contributed by atoms with Crippen molar-refractivity contribution < 1.29 is 9.90 Å². The van der Waals surface area contributed by atoms with Crippen LogP contribution in [0.2, 0.25) is 0 Å². The number of anilines is 1. The molecule has 2 N–H and O–H groups in total. The summed E-state index contributed by atoms with van der Waals surface area (Å²) in [5, 5.41) is 11.9. The van der Waals surface area contributed by atoms with E-state index < -0.39 is 0 Å². The van der Waals surface area contributed by atoms with Crippen LogP contribution in [0.4, 0.5) is 5.69 Å². The van der Waals surface area contributed by atoms with Gasteiger partial charge in [0, 0.05) is 41.5 Å². The van der Waals surface area contributed by atoms with Crippen molar-refractivity contribution in [1.82, 2.24) is 5.32 Å². The van der Waals surface area contributed by atoms with E-state index in [9.17, 15) is 4.79 Å². The molecule has 0 aliphatic carbocycles. The van der Waals surface area contributed by atoms with Crippen LogP contribution in [0.1, 0.15) is 22.3 Å². The minimum atomic E-state index is -0.0157. The monoisotopic (exact) mass is 370 g/mol. The topological polar surface area (TPSA) is 52.6 Å². The first-order valence-corrected chi connectivity index (χ1v) is 10.1. The second kappa shape index (κ2) is 9.10. The summed E-state index contributed by atoms with van der Waals surface area (Å²) >= 11 is 1.59. The zero-order chi connectivity index (χ0) is 18.4. The number of aliphatic hydroxyl groups excluding tert-OH is 1. The van der Waals surface area contributed by atoms with Gasteiger partial charge in [0.05, 0.1) is 6.61 Å². The van der Waals surface area contributed by atoms with Crippen LogP contribution in [0.25, 0.3) is 0 Å². The maximum absolute atomic E-state index is 12.4. The summed E-state index contributed by atoms with van der Waals surface area (Å²) in [5.74, 6) is 1.14. The standard InChI is InChI=1S/C21H26N2O2S/c1-16-4-2-3-5-20(16)23-11-10-17(15-23)14-22-21(25)18-6-8-19(9-7-18)26-13-12-24/h2-9,17,24H,10-15H2,1H3,(H,22,25). The Morgan fingerprint density at radius 3 is 2.73 bits per heavy atom. The molecule has 138 valence electrons. The van der Waals surface area contributed by atoms with E-state index in [2.05, 4.69) is 41.4 Å². The number of aliphatic hydroxyl groups is 1. The zero-order valence-corrected chi connectivity index (χ0v) is 16.0. The van der Waals surface area contributed by atoms with Crippen molar-refractivity contribution in [2.45, 2.75) is 18.2 Å². The number of rotatable bonds is 7. The maximum Gasteiger partial charge on any atom is 0.251 e. The van der Waals surface area contributed by atoms with Crippen LogP contribution in [0, 0.1) is 12.8 Å². The smallest absolute Gasteiger partial charge is 0.251 e. The van der Waals surface area contributed by atoms with E-state index in [1.807, 2.05) is 24.3 Å². The lowest BCUT2D eigenvalue weighted by atomic mass is 10.1. The quantitative estimate of drug-likeness (QED) is 0.734. The number of amides is 1. The maximum atomic E-state index is 12.4. The van der Waals surface area contributed by atoms with Crippen LogP contribution in [-0.2, 0) is 0 Å². The van der Waals surface area contributed by atoms with Gasteiger partial charge >= 0.3 is 0 Å². The molecule has 4 nitrogen and oxygen atoms in total. The minimum Gasteiger partial charge on any atom is -0.396 e. The van der Waals surface area contributed by atoms with Crippen LogP contribution < -0.4 is 10.2 Å². The highest BCUT2D eigenvalue weighted by molar-refractivity contribution is 7.99. The summed E-state index contributed by atoms with van der Waals surface area (Å²) in [6, 6.07) is 16.0. The number of carbonyl (C=O) groups excluding carboxylic acids is 1. The SMILES string of the molecule is Cc1ccccc1N1CCC(CNC(=O)c2ccc(SCCO)cc2)C1. The molecule has 0 aromatic heterocycles. The molecule has 2 aromatic carbocycles. The van der Waals surface area contributed by atoms with Crippen molar-refractivity contribution in [3.8, 4) is 0 Å². The molecular formula is C21H26N2O2S. The molecule has 0 radical (unpaired) electrons. The van der Waals surface area contributed by atoms with E-state index in [1.165, 1.54) is 11.3 Å². The summed E-state index contributed by atoms with van der Waals surface area (Å²) < 4.78 is 0. The Kier molecular flexibility index (Phi) is 6.58. The van der Waals surface area contributed by atoms with E-state index in [0.29, 0.717) is 23.8 Å². The second-order valence-corrected chi connectivity index (χ2v) is 7.86. The fourth-order valence-corrected chi connectivity index (χ4v) is 4.00. The molecule has 3 rings (SSSR count). The van der Waals surface area contributed by atoms with E-state index in [4.69, 9.17) is 5.11 Å². The largest absolute Gasteiger partial charge is 0.396 e. The average molecular weight is 371 g/mol. The first kappa shape index (κ1) is 18.8. The van der Waals surface area contributed by atoms with Gasteiger partial charge in [-0.2, -0.15) is 0 Å². The number of nitrogens with one attached hydrogen (secondary N) is 1. The number of hydrogen-bond acceptors (Lipinski definition) is 4. The van der Waals surface area contributed by atoms with Gasteiger partial charge in [-0.1, -0.05) is 18.2 Å². The molecule has 1 heterocycles. The van der Waals surface area contributed by atoms with Gasteiger partial charge in [0.1, 0.15) is 0 Å². The van der Waals surface area contributed by atoms with Gasteiger partial charge in [0.2, 0.25) is 0 Å². The van der Waals surface area contributed by atoms with E-state index in [-0.39, 0.29) is 12.5 Å². The van der Waals surface area contributed by atoms with E-state index in [1.54, 1.807) is 11.8 Å². The third kappa shape index (κ3) is 4.80. The number of hydrogen-bond donors (Lipinski definition) is 2. The molecule has 0 spiro atoms. The molecule has 1 amide bonds. The number of para-hydroxylation sites is 1. The summed E-state index contributed by atoms with van der Waals surface area (Å²) in [4.78, 5) is 15.8. The molecule has 1 saturated heterocycles. The van der Waals surface area contributed by atoms with Crippen LogP contribution in [0.3, 0.4) is 0 Å². The van der Waals surface area contributed by atoms with Gasteiger partial charge in [0.15, 0.2) is 0 Å². The normalized spacial score (nSPS) is 16.7. The molecule has 1 aliphatic rings. The Morgan fingerprint density at radius 1 is 1.23 bits per heavy atom. The molecule has 5 heteroatoms. The fourth-order valence-electron chi connectivity index (χ4n) is 3.34. The average Bonchev–Trinajstić information content (AvgIpc) is 3.14. The van der Waals surface area contributed by atoms with Gasteiger partial charge in [-0.25, -0.2) is 0 Å². The van der Waals surface area contributed by atoms with Crippen molar-refractivity contribution in [3.05, 3.63) is 59.7 Å². The lowest BCUT2D eigenvalue weighted by Gasteiger charge is -2.21. The Balaban J connectivity index is 1.48. The molecule has 2 aromatic rings. The number of nitrogens with zero attached hydrogens (tertiary/aromatic N) is 1. The highest BCUT2D eigenvalue weighted by Gasteiger charge is 2.24. The molecular weight excluding hydrogens is 344 g/mol. The van der Waals surface area contributed by atoms with Gasteiger partial charge in [0.25, 0.3) is 5.91 Å². The summed E-state index contributed by atoms with van der Waals surface area (Å²) in [5.41, 5.74) is 3.29.